The van der Waals surface area contributed by atoms with Crippen LogP contribution in [0.25, 0.3) is 0 Å². The molecular formula is C22H18INO3. The third kappa shape index (κ3) is 5.17. The number of hydrogen-bond donors (Lipinski definition) is 1. The van der Waals surface area contributed by atoms with Crippen LogP contribution in [0.1, 0.15) is 27.0 Å². The molecule has 0 aliphatic heterocycles. The van der Waals surface area contributed by atoms with Crippen molar-refractivity contribution >= 4 is 40.5 Å². The zero-order valence-corrected chi connectivity index (χ0v) is 16.9. The first kappa shape index (κ1) is 19.1. The van der Waals surface area contributed by atoms with Crippen LogP contribution in [0.15, 0.2) is 71.7 Å². The van der Waals surface area contributed by atoms with Crippen molar-refractivity contribution in [3.63, 3.8) is 0 Å². The van der Waals surface area contributed by atoms with Crippen LogP contribution in [0.5, 0.6) is 5.75 Å². The fraction of sp³-hybridized carbons (Fsp3) is 0.0909. The van der Waals surface area contributed by atoms with Gasteiger partial charge in [0.2, 0.25) is 0 Å². The Morgan fingerprint density at radius 3 is 2.56 bits per heavy atom. The maximum atomic E-state index is 10.9. The number of halogens is 1. The minimum absolute atomic E-state index is 0.263. The number of carboxylic acids is 1. The molecule has 0 aliphatic carbocycles. The number of ether oxygens (including phenoxy) is 1. The van der Waals surface area contributed by atoms with Crippen molar-refractivity contribution in [1.82, 2.24) is 0 Å². The summed E-state index contributed by atoms with van der Waals surface area (Å²) in [5.41, 5.74) is 4.10. The zero-order chi connectivity index (χ0) is 19.2. The van der Waals surface area contributed by atoms with Gasteiger partial charge in [-0.15, -0.1) is 0 Å². The molecule has 0 saturated heterocycles. The van der Waals surface area contributed by atoms with E-state index in [1.165, 1.54) is 3.57 Å². The van der Waals surface area contributed by atoms with Crippen molar-refractivity contribution in [3.05, 3.63) is 92.6 Å². The van der Waals surface area contributed by atoms with Gasteiger partial charge in [-0.05, 0) is 83.1 Å². The summed E-state index contributed by atoms with van der Waals surface area (Å²) >= 11 is 2.28. The minimum Gasteiger partial charge on any atom is -0.488 e. The van der Waals surface area contributed by atoms with Crippen molar-refractivity contribution in [2.45, 2.75) is 13.5 Å². The monoisotopic (exact) mass is 471 g/mol. The number of benzene rings is 3. The quantitative estimate of drug-likeness (QED) is 0.375. The molecule has 3 aromatic rings. The van der Waals surface area contributed by atoms with E-state index >= 15 is 0 Å². The Labute approximate surface area is 171 Å². The number of carbonyl (C=O) groups is 1. The van der Waals surface area contributed by atoms with Crippen LogP contribution >= 0.6 is 22.6 Å². The van der Waals surface area contributed by atoms with Crippen LogP contribution in [0, 0.1) is 10.5 Å². The Bertz CT molecular complexity index is 981. The second-order valence-electron chi connectivity index (χ2n) is 6.02. The molecule has 0 saturated carbocycles. The maximum absolute atomic E-state index is 10.9. The number of aromatic carboxylic acids is 1. The molecule has 5 heteroatoms. The van der Waals surface area contributed by atoms with E-state index in [0.29, 0.717) is 6.61 Å². The molecule has 136 valence electrons. The van der Waals surface area contributed by atoms with Gasteiger partial charge >= 0.3 is 5.97 Å². The number of para-hydroxylation sites is 1. The van der Waals surface area contributed by atoms with Crippen LogP contribution < -0.4 is 4.74 Å². The molecule has 0 spiro atoms. The summed E-state index contributed by atoms with van der Waals surface area (Å²) in [5.74, 6) is -0.207. The number of carboxylic acid groups (broad SMARTS) is 1. The maximum Gasteiger partial charge on any atom is 0.335 e. The van der Waals surface area contributed by atoms with Gasteiger partial charge in [-0.25, -0.2) is 4.79 Å². The number of aliphatic imine (C=N–C) groups is 1. The van der Waals surface area contributed by atoms with Crippen molar-refractivity contribution in [1.29, 1.82) is 0 Å². The van der Waals surface area contributed by atoms with E-state index in [9.17, 15) is 4.79 Å². The molecule has 0 aliphatic rings. The molecular weight excluding hydrogens is 453 g/mol. The summed E-state index contributed by atoms with van der Waals surface area (Å²) in [6.45, 7) is 2.39. The molecule has 27 heavy (non-hydrogen) atoms. The molecule has 0 atom stereocenters. The Balaban J connectivity index is 1.73. The molecule has 1 N–H and O–H groups in total. The Hall–Kier alpha value is -2.67. The van der Waals surface area contributed by atoms with E-state index < -0.39 is 5.97 Å². The van der Waals surface area contributed by atoms with E-state index in [-0.39, 0.29) is 5.56 Å². The second kappa shape index (κ2) is 8.81. The van der Waals surface area contributed by atoms with Crippen LogP contribution in [0.4, 0.5) is 5.69 Å². The molecule has 0 aromatic heterocycles. The first-order chi connectivity index (χ1) is 13.0. The summed E-state index contributed by atoms with van der Waals surface area (Å²) in [5, 5.41) is 8.96. The Morgan fingerprint density at radius 2 is 1.85 bits per heavy atom. The second-order valence-corrected chi connectivity index (χ2v) is 7.26. The highest BCUT2D eigenvalue weighted by Crippen LogP contribution is 2.23. The molecule has 4 nitrogen and oxygen atoms in total. The van der Waals surface area contributed by atoms with Gasteiger partial charge < -0.3 is 9.84 Å². The van der Waals surface area contributed by atoms with Crippen LogP contribution in [0.2, 0.25) is 0 Å². The molecule has 3 aromatic carbocycles. The lowest BCUT2D eigenvalue weighted by Gasteiger charge is -2.09. The average molecular weight is 471 g/mol. The fourth-order valence-electron chi connectivity index (χ4n) is 2.53. The predicted octanol–water partition coefficient (Wildman–Crippen LogP) is 5.63. The molecule has 3 rings (SSSR count). The summed E-state index contributed by atoms with van der Waals surface area (Å²) in [7, 11) is 0. The normalized spacial score (nSPS) is 10.9. The van der Waals surface area contributed by atoms with Crippen LogP contribution in [-0.4, -0.2) is 17.3 Å². The van der Waals surface area contributed by atoms with Crippen LogP contribution in [0.3, 0.4) is 0 Å². The average Bonchev–Trinajstić information content (AvgIpc) is 2.66. The van der Waals surface area contributed by atoms with Crippen molar-refractivity contribution in [2.75, 3.05) is 0 Å². The number of hydrogen-bond acceptors (Lipinski definition) is 3. The van der Waals surface area contributed by atoms with Gasteiger partial charge in [0.15, 0.2) is 0 Å². The minimum atomic E-state index is -0.935. The third-order valence-electron chi connectivity index (χ3n) is 4.02. The van der Waals surface area contributed by atoms with Gasteiger partial charge in [0, 0.05) is 15.3 Å². The highest BCUT2D eigenvalue weighted by Gasteiger charge is 2.05. The smallest absolute Gasteiger partial charge is 0.335 e. The van der Waals surface area contributed by atoms with Crippen molar-refractivity contribution in [2.24, 2.45) is 4.99 Å². The fourth-order valence-corrected chi connectivity index (χ4v) is 3.17. The topological polar surface area (TPSA) is 58.9 Å². The van der Waals surface area contributed by atoms with Gasteiger partial charge in [-0.2, -0.15) is 0 Å². The largest absolute Gasteiger partial charge is 0.488 e. The van der Waals surface area contributed by atoms with Crippen LogP contribution in [-0.2, 0) is 6.61 Å². The highest BCUT2D eigenvalue weighted by molar-refractivity contribution is 14.1. The first-order valence-corrected chi connectivity index (χ1v) is 9.45. The predicted molar refractivity (Wildman–Crippen MR) is 115 cm³/mol. The summed E-state index contributed by atoms with van der Waals surface area (Å²) in [4.78, 5) is 15.5. The lowest BCUT2D eigenvalue weighted by molar-refractivity contribution is 0.0697. The summed E-state index contributed by atoms with van der Waals surface area (Å²) in [6, 6.07) is 20.5. The number of nitrogens with zero attached hydrogens (tertiary/aromatic N) is 1. The molecule has 0 fully saturated rings. The summed E-state index contributed by atoms with van der Waals surface area (Å²) < 4.78 is 7.10. The zero-order valence-electron chi connectivity index (χ0n) is 14.7. The van der Waals surface area contributed by atoms with E-state index in [4.69, 9.17) is 9.84 Å². The molecule has 0 radical (unpaired) electrons. The molecule has 0 bridgehead atoms. The van der Waals surface area contributed by atoms with Crippen molar-refractivity contribution in [3.8, 4) is 5.75 Å². The van der Waals surface area contributed by atoms with Crippen molar-refractivity contribution < 1.29 is 14.6 Å². The standard InChI is InChI=1S/C22H18INO3/c1-15-12-19(23)10-11-20(15)24-13-18-4-2-3-5-21(18)27-14-16-6-8-17(9-7-16)22(25)26/h2-13H,14H2,1H3,(H,25,26). The van der Waals surface area contributed by atoms with Gasteiger partial charge in [0.25, 0.3) is 0 Å². The van der Waals surface area contributed by atoms with Gasteiger partial charge in [-0.3, -0.25) is 4.99 Å². The third-order valence-corrected chi connectivity index (χ3v) is 4.69. The van der Waals surface area contributed by atoms with Gasteiger partial charge in [0.1, 0.15) is 12.4 Å². The molecule has 0 unspecified atom stereocenters. The number of rotatable bonds is 6. The molecule has 0 heterocycles. The summed E-state index contributed by atoms with van der Waals surface area (Å²) in [6.07, 6.45) is 1.80. The van der Waals surface area contributed by atoms with E-state index in [1.54, 1.807) is 30.5 Å². The lowest BCUT2D eigenvalue weighted by Crippen LogP contribution is -2.00. The SMILES string of the molecule is Cc1cc(I)ccc1N=Cc1ccccc1OCc1ccc(C(=O)O)cc1. The Kier molecular flexibility index (Phi) is 6.24. The van der Waals surface area contributed by atoms with E-state index in [1.807, 2.05) is 43.3 Å². The van der Waals surface area contributed by atoms with E-state index in [0.717, 1.165) is 28.1 Å². The lowest BCUT2D eigenvalue weighted by atomic mass is 10.1. The Morgan fingerprint density at radius 1 is 1.11 bits per heavy atom. The molecule has 0 amide bonds. The van der Waals surface area contributed by atoms with Gasteiger partial charge in [-0.1, -0.05) is 24.3 Å². The van der Waals surface area contributed by atoms with Gasteiger partial charge in [0.05, 0.1) is 11.3 Å². The number of aryl methyl sites for hydroxylation is 1. The highest BCUT2D eigenvalue weighted by atomic mass is 127. The van der Waals surface area contributed by atoms with E-state index in [2.05, 4.69) is 33.6 Å². The first-order valence-electron chi connectivity index (χ1n) is 8.37.